The molecule has 2 aliphatic carbocycles. The lowest BCUT2D eigenvalue weighted by Crippen LogP contribution is -2.57. The summed E-state index contributed by atoms with van der Waals surface area (Å²) in [5.74, 6) is -0.259. The molecule has 0 radical (unpaired) electrons. The Bertz CT molecular complexity index is 2360. The van der Waals surface area contributed by atoms with E-state index in [-0.39, 0.29) is 37.3 Å². The number of hydrogen-bond donors (Lipinski definition) is 2. The third kappa shape index (κ3) is 8.28. The van der Waals surface area contributed by atoms with Gasteiger partial charge in [0, 0.05) is 48.3 Å². The quantitative estimate of drug-likeness (QED) is 0.171. The molecule has 3 fully saturated rings. The Hall–Kier alpha value is -5.02. The molecule has 4 aromatic rings. The second kappa shape index (κ2) is 16.0. The third-order valence-electron chi connectivity index (χ3n) is 11.6. The van der Waals surface area contributed by atoms with Crippen LogP contribution >= 0.6 is 11.3 Å². The Morgan fingerprint density at radius 1 is 1.09 bits per heavy atom. The molecule has 4 atom stereocenters. The minimum atomic E-state index is -3.87. The van der Waals surface area contributed by atoms with E-state index in [0.717, 1.165) is 40.1 Å². The zero-order chi connectivity index (χ0) is 40.8. The van der Waals surface area contributed by atoms with E-state index in [1.807, 2.05) is 73.0 Å². The predicted molar refractivity (Wildman–Crippen MR) is 222 cm³/mol. The van der Waals surface area contributed by atoms with E-state index in [0.29, 0.717) is 55.1 Å². The number of hydrogen-bond acceptors (Lipinski definition) is 10. The van der Waals surface area contributed by atoms with Crippen LogP contribution in [0.2, 0.25) is 0 Å². The number of allylic oxidation sites excluding steroid dienone is 1. The molecule has 2 saturated carbocycles. The number of ether oxygens (including phenoxy) is 2. The lowest BCUT2D eigenvalue weighted by Gasteiger charge is -2.32. The van der Waals surface area contributed by atoms with Crippen molar-refractivity contribution in [1.82, 2.24) is 29.8 Å². The number of amides is 4. The number of carbonyl (C=O) groups is 3. The van der Waals surface area contributed by atoms with Gasteiger partial charge < -0.3 is 24.6 Å². The number of benzene rings is 2. The molecule has 2 aliphatic heterocycles. The summed E-state index contributed by atoms with van der Waals surface area (Å²) in [7, 11) is -2.27. The molecule has 0 bridgehead atoms. The van der Waals surface area contributed by atoms with E-state index in [1.165, 1.54) is 11.3 Å². The van der Waals surface area contributed by atoms with E-state index >= 15 is 0 Å². The first kappa shape index (κ1) is 39.8. The maximum atomic E-state index is 14.8. The van der Waals surface area contributed by atoms with Crippen LogP contribution in [0.5, 0.6) is 11.5 Å². The smallest absolute Gasteiger partial charge is 0.321 e. The van der Waals surface area contributed by atoms with Gasteiger partial charge in [-0.2, -0.15) is 0 Å². The Labute approximate surface area is 343 Å². The number of nitrogens with zero attached hydrogens (tertiary/aromatic N) is 4. The SMILES string of the molecule is COc1ccc2c(OC3CC4C(=O)NC5(C(=O)NS(=O)(=O)C6CC6)CC5/C=C\CCCCN(Cc5ccc(C)cc5)C(=O)N4C3)cc(-c3nc(C(C)C)cs3)nc2c1. The van der Waals surface area contributed by atoms with Crippen LogP contribution in [0.1, 0.15) is 81.5 Å². The maximum Gasteiger partial charge on any atom is 0.321 e. The van der Waals surface area contributed by atoms with Gasteiger partial charge in [-0.3, -0.25) is 14.3 Å². The van der Waals surface area contributed by atoms with Crippen molar-refractivity contribution >= 4 is 50.1 Å². The zero-order valence-electron chi connectivity index (χ0n) is 33.3. The van der Waals surface area contributed by atoms with Crippen molar-refractivity contribution in [3.05, 3.63) is 82.9 Å². The van der Waals surface area contributed by atoms with Crippen LogP contribution in [0.3, 0.4) is 0 Å². The molecule has 4 amide bonds. The monoisotopic (exact) mass is 826 g/mol. The normalized spacial score (nSPS) is 24.5. The summed E-state index contributed by atoms with van der Waals surface area (Å²) >= 11 is 1.50. The highest BCUT2D eigenvalue weighted by atomic mass is 32.2. The van der Waals surface area contributed by atoms with Crippen LogP contribution in [-0.4, -0.2) is 89.2 Å². The Morgan fingerprint density at radius 2 is 1.88 bits per heavy atom. The van der Waals surface area contributed by atoms with Crippen LogP contribution in [-0.2, 0) is 26.2 Å². The number of thiazole rings is 1. The molecular weight excluding hydrogens is 777 g/mol. The summed E-state index contributed by atoms with van der Waals surface area (Å²) in [6.07, 6.45) is 6.92. The molecule has 13 nitrogen and oxygen atoms in total. The molecule has 2 aromatic heterocycles. The number of sulfonamides is 1. The summed E-state index contributed by atoms with van der Waals surface area (Å²) in [6.45, 7) is 7.13. The predicted octanol–water partition coefficient (Wildman–Crippen LogP) is 6.47. The Kier molecular flexibility index (Phi) is 11.0. The highest BCUT2D eigenvalue weighted by molar-refractivity contribution is 7.91. The van der Waals surface area contributed by atoms with Crippen molar-refractivity contribution < 1.29 is 32.3 Å². The number of pyridine rings is 1. The first-order valence-electron chi connectivity index (χ1n) is 20.1. The molecule has 15 heteroatoms. The average Bonchev–Trinajstić information content (AvgIpc) is 4.08. The summed E-state index contributed by atoms with van der Waals surface area (Å²) < 4.78 is 40.4. The molecule has 8 rings (SSSR count). The average molecular weight is 827 g/mol. The van der Waals surface area contributed by atoms with Crippen LogP contribution in [0.25, 0.3) is 21.6 Å². The van der Waals surface area contributed by atoms with Gasteiger partial charge in [-0.15, -0.1) is 11.3 Å². The van der Waals surface area contributed by atoms with Crippen LogP contribution in [0.15, 0.2) is 66.1 Å². The second-order valence-electron chi connectivity index (χ2n) is 16.3. The van der Waals surface area contributed by atoms with Crippen molar-refractivity contribution in [2.75, 3.05) is 20.2 Å². The topological polar surface area (TPSA) is 160 Å². The molecule has 4 unspecified atom stereocenters. The highest BCUT2D eigenvalue weighted by Gasteiger charge is 2.62. The number of nitrogens with one attached hydrogen (secondary N) is 2. The lowest BCUT2D eigenvalue weighted by atomic mass is 10.1. The van der Waals surface area contributed by atoms with Crippen molar-refractivity contribution in [1.29, 1.82) is 0 Å². The van der Waals surface area contributed by atoms with Gasteiger partial charge in [-0.1, -0.05) is 55.8 Å². The molecule has 4 heterocycles. The molecule has 306 valence electrons. The standard InChI is InChI=1S/C43H50N6O7S2/c1-26(2)36-25-57-40(45-36)35-21-38(33-17-14-30(55-4)19-34(33)44-35)56-31-20-37-39(50)46-43(41(51)47-58(53,54)32-15-16-32)22-29(43)9-7-5-6-8-18-48(42(52)49(37)24-31)23-28-12-10-27(3)11-13-28/h7,9-14,17,19,21,25-26,29,31-32,37H,5-6,8,15-16,18,20,22-24H2,1-4H3,(H,46,50)(H,47,51)/b9-7-. The summed E-state index contributed by atoms with van der Waals surface area (Å²) in [5.41, 5.74) is 2.86. The summed E-state index contributed by atoms with van der Waals surface area (Å²) in [5, 5.41) is 5.86. The second-order valence-corrected chi connectivity index (χ2v) is 19.1. The number of urea groups is 1. The van der Waals surface area contributed by atoms with E-state index in [1.54, 1.807) is 16.9 Å². The zero-order valence-corrected chi connectivity index (χ0v) is 34.9. The first-order valence-corrected chi connectivity index (χ1v) is 22.5. The van der Waals surface area contributed by atoms with E-state index in [9.17, 15) is 22.8 Å². The largest absolute Gasteiger partial charge is 0.497 e. The number of aryl methyl sites for hydroxylation is 1. The van der Waals surface area contributed by atoms with E-state index in [2.05, 4.69) is 23.9 Å². The number of carbonyl (C=O) groups excluding carboxylic acids is 3. The minimum absolute atomic E-state index is 0.101. The Morgan fingerprint density at radius 3 is 2.60 bits per heavy atom. The fourth-order valence-electron chi connectivity index (χ4n) is 7.83. The minimum Gasteiger partial charge on any atom is -0.497 e. The first-order chi connectivity index (χ1) is 27.8. The van der Waals surface area contributed by atoms with Crippen molar-refractivity contribution in [3.8, 4) is 22.2 Å². The van der Waals surface area contributed by atoms with Gasteiger partial charge in [0.2, 0.25) is 15.9 Å². The number of rotatable bonds is 10. The number of aromatic nitrogens is 2. The highest BCUT2D eigenvalue weighted by Crippen LogP contribution is 2.46. The number of fused-ring (bicyclic) bond motifs is 3. The van der Waals surface area contributed by atoms with Gasteiger partial charge in [0.1, 0.15) is 39.9 Å². The van der Waals surface area contributed by atoms with Crippen LogP contribution in [0.4, 0.5) is 4.79 Å². The van der Waals surface area contributed by atoms with Gasteiger partial charge in [-0.25, -0.2) is 23.2 Å². The van der Waals surface area contributed by atoms with E-state index < -0.39 is 44.8 Å². The van der Waals surface area contributed by atoms with Crippen molar-refractivity contribution in [2.45, 2.75) is 101 Å². The van der Waals surface area contributed by atoms with Gasteiger partial charge in [0.15, 0.2) is 0 Å². The molecular formula is C43H50N6O7S2. The maximum absolute atomic E-state index is 14.8. The summed E-state index contributed by atoms with van der Waals surface area (Å²) in [4.78, 5) is 56.3. The van der Waals surface area contributed by atoms with E-state index in [4.69, 9.17) is 19.4 Å². The van der Waals surface area contributed by atoms with Gasteiger partial charge >= 0.3 is 6.03 Å². The molecule has 2 N–H and O–H groups in total. The number of methoxy groups -OCH3 is 1. The lowest BCUT2D eigenvalue weighted by molar-refractivity contribution is -0.131. The van der Waals surface area contributed by atoms with Gasteiger partial charge in [0.25, 0.3) is 5.91 Å². The van der Waals surface area contributed by atoms with Crippen LogP contribution in [0, 0.1) is 12.8 Å². The summed E-state index contributed by atoms with van der Waals surface area (Å²) in [6, 6.07) is 14.2. The fourth-order valence-corrected chi connectivity index (χ4v) is 10.1. The van der Waals surface area contributed by atoms with Crippen molar-refractivity contribution in [3.63, 3.8) is 0 Å². The molecule has 4 aliphatic rings. The van der Waals surface area contributed by atoms with Crippen LogP contribution < -0.4 is 19.5 Å². The fraction of sp³-hybridized carbons (Fsp3) is 0.465. The van der Waals surface area contributed by atoms with Crippen molar-refractivity contribution in [2.24, 2.45) is 5.92 Å². The molecule has 1 saturated heterocycles. The molecule has 0 spiro atoms. The Balaban J connectivity index is 1.13. The molecule has 2 aromatic carbocycles. The molecule has 58 heavy (non-hydrogen) atoms. The third-order valence-corrected chi connectivity index (χ3v) is 14.3. The van der Waals surface area contributed by atoms with Gasteiger partial charge in [-0.05, 0) is 69.1 Å². The van der Waals surface area contributed by atoms with Gasteiger partial charge in [0.05, 0.1) is 30.1 Å².